The highest BCUT2D eigenvalue weighted by Gasteiger charge is 2.16. The molecule has 0 atom stereocenters. The molecule has 0 aliphatic rings. The third-order valence-corrected chi connectivity index (χ3v) is 2.93. The normalized spacial score (nSPS) is 10.3. The molecule has 0 bridgehead atoms. The fourth-order valence-corrected chi connectivity index (χ4v) is 2.12. The van der Waals surface area contributed by atoms with E-state index in [9.17, 15) is 4.79 Å². The number of carbonyl (C=O) groups is 1. The Labute approximate surface area is 112 Å². The quantitative estimate of drug-likeness (QED) is 0.789. The number of ketones is 1. The predicted octanol–water partition coefficient (Wildman–Crippen LogP) is 2.53. The summed E-state index contributed by atoms with van der Waals surface area (Å²) in [4.78, 5) is 20.3. The Bertz CT molecular complexity index is 595. The summed E-state index contributed by atoms with van der Waals surface area (Å²) in [6.45, 7) is 3.90. The van der Waals surface area contributed by atoms with E-state index in [0.717, 1.165) is 11.1 Å². The summed E-state index contributed by atoms with van der Waals surface area (Å²) in [7, 11) is 1.58. The Kier molecular flexibility index (Phi) is 3.90. The van der Waals surface area contributed by atoms with E-state index in [-0.39, 0.29) is 12.2 Å². The first-order valence-corrected chi connectivity index (χ1v) is 6.05. The molecule has 19 heavy (non-hydrogen) atoms. The Balaban J connectivity index is 2.34. The van der Waals surface area contributed by atoms with Crippen LogP contribution in [0.25, 0.3) is 0 Å². The molecule has 2 rings (SSSR count). The number of ether oxygens (including phenoxy) is 1. The lowest BCUT2D eigenvalue weighted by Gasteiger charge is -2.11. The second-order valence-corrected chi connectivity index (χ2v) is 4.46. The van der Waals surface area contributed by atoms with Crippen LogP contribution in [-0.4, -0.2) is 22.9 Å². The van der Waals surface area contributed by atoms with Crippen LogP contribution in [0.4, 0.5) is 0 Å². The fraction of sp³-hybridized carbons (Fsp3) is 0.267. The van der Waals surface area contributed by atoms with Crippen LogP contribution < -0.4 is 4.74 Å². The number of aryl methyl sites for hydroxylation is 2. The lowest BCUT2D eigenvalue weighted by molar-refractivity contribution is 0.0988. The number of aromatic nitrogens is 2. The average Bonchev–Trinajstić information content (AvgIpc) is 2.38. The molecule has 0 unspecified atom stereocenters. The van der Waals surface area contributed by atoms with Crippen molar-refractivity contribution >= 4 is 5.78 Å². The molecule has 1 aromatic heterocycles. The van der Waals surface area contributed by atoms with E-state index >= 15 is 0 Å². The van der Waals surface area contributed by atoms with Crippen molar-refractivity contribution in [2.45, 2.75) is 20.3 Å². The van der Waals surface area contributed by atoms with E-state index in [1.165, 1.54) is 6.33 Å². The van der Waals surface area contributed by atoms with Gasteiger partial charge < -0.3 is 4.74 Å². The monoisotopic (exact) mass is 256 g/mol. The van der Waals surface area contributed by atoms with Crippen molar-refractivity contribution in [3.8, 4) is 5.75 Å². The van der Waals surface area contributed by atoms with Gasteiger partial charge in [-0.25, -0.2) is 9.97 Å². The lowest BCUT2D eigenvalue weighted by atomic mass is 9.98. The molecule has 4 nitrogen and oxygen atoms in total. The van der Waals surface area contributed by atoms with Gasteiger partial charge >= 0.3 is 0 Å². The number of hydrogen-bond donors (Lipinski definition) is 0. The number of benzene rings is 1. The number of carbonyl (C=O) groups excluding carboxylic acids is 1. The summed E-state index contributed by atoms with van der Waals surface area (Å²) < 4.78 is 5.31. The number of nitrogens with zero attached hydrogens (tertiary/aromatic N) is 2. The first-order valence-electron chi connectivity index (χ1n) is 6.05. The molecule has 0 saturated heterocycles. The highest BCUT2D eigenvalue weighted by Crippen LogP contribution is 2.25. The molecule has 0 N–H and O–H groups in total. The van der Waals surface area contributed by atoms with Crippen LogP contribution in [0.2, 0.25) is 0 Å². The van der Waals surface area contributed by atoms with Gasteiger partial charge in [0.1, 0.15) is 12.1 Å². The first kappa shape index (κ1) is 13.2. The van der Waals surface area contributed by atoms with Crippen LogP contribution in [0.3, 0.4) is 0 Å². The minimum absolute atomic E-state index is 0.00745. The lowest BCUT2D eigenvalue weighted by Crippen LogP contribution is -2.09. The molecule has 4 heteroatoms. The van der Waals surface area contributed by atoms with Crippen molar-refractivity contribution < 1.29 is 9.53 Å². The zero-order valence-corrected chi connectivity index (χ0v) is 11.3. The van der Waals surface area contributed by atoms with Crippen LogP contribution in [0, 0.1) is 13.8 Å². The van der Waals surface area contributed by atoms with Gasteiger partial charge in [-0.05, 0) is 37.1 Å². The van der Waals surface area contributed by atoms with Gasteiger partial charge in [-0.3, -0.25) is 4.79 Å². The number of hydrogen-bond acceptors (Lipinski definition) is 4. The Morgan fingerprint density at radius 3 is 2.74 bits per heavy atom. The van der Waals surface area contributed by atoms with E-state index in [1.807, 2.05) is 26.0 Å². The summed E-state index contributed by atoms with van der Waals surface area (Å²) in [6, 6.07) is 5.60. The Hall–Kier alpha value is -2.23. The first-order chi connectivity index (χ1) is 9.11. The molecule has 0 radical (unpaired) electrons. The van der Waals surface area contributed by atoms with Crippen molar-refractivity contribution in [2.75, 3.05) is 7.11 Å². The van der Waals surface area contributed by atoms with Gasteiger partial charge in [-0.15, -0.1) is 0 Å². The third kappa shape index (κ3) is 2.96. The maximum Gasteiger partial charge on any atom is 0.172 e. The molecule has 0 aliphatic carbocycles. The topological polar surface area (TPSA) is 52.1 Å². The Morgan fingerprint density at radius 1 is 1.32 bits per heavy atom. The molecule has 98 valence electrons. The summed E-state index contributed by atoms with van der Waals surface area (Å²) in [5.74, 6) is 0.629. The fourth-order valence-electron chi connectivity index (χ4n) is 2.12. The van der Waals surface area contributed by atoms with Crippen LogP contribution in [-0.2, 0) is 6.42 Å². The smallest absolute Gasteiger partial charge is 0.172 e. The summed E-state index contributed by atoms with van der Waals surface area (Å²) >= 11 is 0. The van der Waals surface area contributed by atoms with Crippen LogP contribution in [0.5, 0.6) is 5.75 Å². The van der Waals surface area contributed by atoms with Gasteiger partial charge in [0.25, 0.3) is 0 Å². The molecule has 0 fully saturated rings. The molecule has 0 spiro atoms. The van der Waals surface area contributed by atoms with Crippen molar-refractivity contribution in [3.05, 3.63) is 53.1 Å². The van der Waals surface area contributed by atoms with Crippen molar-refractivity contribution in [1.82, 2.24) is 9.97 Å². The van der Waals surface area contributed by atoms with E-state index in [1.54, 1.807) is 19.4 Å². The van der Waals surface area contributed by atoms with Crippen molar-refractivity contribution in [2.24, 2.45) is 0 Å². The van der Waals surface area contributed by atoms with Gasteiger partial charge in [0.15, 0.2) is 5.78 Å². The zero-order valence-electron chi connectivity index (χ0n) is 11.3. The van der Waals surface area contributed by atoms with Crippen LogP contribution in [0.15, 0.2) is 30.7 Å². The minimum atomic E-state index is 0.00745. The second-order valence-electron chi connectivity index (χ2n) is 4.46. The summed E-state index contributed by atoms with van der Waals surface area (Å²) in [5, 5.41) is 0. The molecule has 1 aromatic carbocycles. The van der Waals surface area contributed by atoms with E-state index in [4.69, 9.17) is 4.74 Å². The van der Waals surface area contributed by atoms with Crippen LogP contribution >= 0.6 is 0 Å². The van der Waals surface area contributed by atoms with E-state index < -0.39 is 0 Å². The van der Waals surface area contributed by atoms with Crippen molar-refractivity contribution in [3.63, 3.8) is 0 Å². The molecule has 0 amide bonds. The van der Waals surface area contributed by atoms with Gasteiger partial charge in [0.05, 0.1) is 24.8 Å². The largest absolute Gasteiger partial charge is 0.496 e. The highest BCUT2D eigenvalue weighted by molar-refractivity contribution is 6.01. The van der Waals surface area contributed by atoms with Gasteiger partial charge in [0, 0.05) is 6.20 Å². The third-order valence-electron chi connectivity index (χ3n) is 2.93. The molecule has 2 aromatic rings. The number of methoxy groups -OCH3 is 1. The second kappa shape index (κ2) is 5.61. The van der Waals surface area contributed by atoms with Crippen molar-refractivity contribution in [1.29, 1.82) is 0 Å². The highest BCUT2D eigenvalue weighted by atomic mass is 16.5. The SMILES string of the molecule is COc1cc(C)cc(C)c1C(=O)Cc1ccncn1. The maximum absolute atomic E-state index is 12.4. The Morgan fingerprint density at radius 2 is 2.11 bits per heavy atom. The predicted molar refractivity (Wildman–Crippen MR) is 72.5 cm³/mol. The van der Waals surface area contributed by atoms with E-state index in [2.05, 4.69) is 9.97 Å². The molecule has 0 saturated carbocycles. The number of rotatable bonds is 4. The summed E-state index contributed by atoms with van der Waals surface area (Å²) in [5.41, 5.74) is 3.34. The minimum Gasteiger partial charge on any atom is -0.496 e. The van der Waals surface area contributed by atoms with Gasteiger partial charge in [-0.1, -0.05) is 6.07 Å². The molecular weight excluding hydrogens is 240 g/mol. The number of Topliss-reactive ketones (excluding diaryl/α,β-unsaturated/α-hetero) is 1. The van der Waals surface area contributed by atoms with Gasteiger partial charge in [0.2, 0.25) is 0 Å². The molecule has 1 heterocycles. The van der Waals surface area contributed by atoms with Gasteiger partial charge in [-0.2, -0.15) is 0 Å². The molecular formula is C15H16N2O2. The van der Waals surface area contributed by atoms with Crippen LogP contribution in [0.1, 0.15) is 27.2 Å². The summed E-state index contributed by atoms with van der Waals surface area (Å²) in [6.07, 6.45) is 3.33. The zero-order chi connectivity index (χ0) is 13.8. The maximum atomic E-state index is 12.4. The van der Waals surface area contributed by atoms with E-state index in [0.29, 0.717) is 17.0 Å². The standard InChI is InChI=1S/C15H16N2O2/c1-10-6-11(2)15(14(7-10)19-3)13(18)8-12-4-5-16-9-17-12/h4-7,9H,8H2,1-3H3. The average molecular weight is 256 g/mol. The molecule has 0 aliphatic heterocycles.